The van der Waals surface area contributed by atoms with Crippen molar-refractivity contribution < 1.29 is 5.11 Å². The van der Waals surface area contributed by atoms with E-state index in [2.05, 4.69) is 4.98 Å². The van der Waals surface area contributed by atoms with Gasteiger partial charge >= 0.3 is 0 Å². The molecule has 3 aromatic rings. The van der Waals surface area contributed by atoms with Crippen LogP contribution in [0, 0.1) is 0 Å². The largest absolute Gasteiger partial charge is 0.387 e. The van der Waals surface area contributed by atoms with Gasteiger partial charge in [0, 0.05) is 0 Å². The fourth-order valence-corrected chi connectivity index (χ4v) is 2.71. The Labute approximate surface area is 113 Å². The molecule has 0 spiro atoms. The first-order chi connectivity index (χ1) is 9.25. The van der Waals surface area contributed by atoms with E-state index < -0.39 is 6.10 Å². The van der Waals surface area contributed by atoms with Gasteiger partial charge in [0.2, 0.25) is 0 Å². The minimum atomic E-state index is -0.711. The van der Waals surface area contributed by atoms with Crippen molar-refractivity contribution in [3.05, 3.63) is 64.0 Å². The second kappa shape index (κ2) is 4.95. The minimum Gasteiger partial charge on any atom is -0.387 e. The number of aliphatic hydroxyl groups is 1. The zero-order valence-electron chi connectivity index (χ0n) is 10.1. The maximum atomic E-state index is 12.2. The second-order valence-electron chi connectivity index (χ2n) is 4.27. The lowest BCUT2D eigenvalue weighted by Gasteiger charge is -2.12. The van der Waals surface area contributed by atoms with Crippen LogP contribution >= 0.6 is 11.3 Å². The molecule has 0 amide bonds. The van der Waals surface area contributed by atoms with Crippen molar-refractivity contribution in [1.82, 2.24) is 9.55 Å². The molecule has 3 rings (SSSR count). The van der Waals surface area contributed by atoms with E-state index in [0.29, 0.717) is 5.39 Å². The quantitative estimate of drug-likeness (QED) is 0.795. The molecule has 0 aliphatic heterocycles. The fourth-order valence-electron chi connectivity index (χ4n) is 1.99. The van der Waals surface area contributed by atoms with Crippen LogP contribution in [0.1, 0.15) is 11.7 Å². The zero-order chi connectivity index (χ0) is 13.2. The van der Waals surface area contributed by atoms with Crippen molar-refractivity contribution in [3.63, 3.8) is 0 Å². The predicted octanol–water partition coefficient (Wildman–Crippen LogP) is 2.19. The monoisotopic (exact) mass is 272 g/mol. The topological polar surface area (TPSA) is 55.1 Å². The highest BCUT2D eigenvalue weighted by Crippen LogP contribution is 2.16. The Morgan fingerprint density at radius 1 is 1.26 bits per heavy atom. The van der Waals surface area contributed by atoms with Gasteiger partial charge in [0.25, 0.3) is 5.56 Å². The van der Waals surface area contributed by atoms with E-state index in [1.807, 2.05) is 35.7 Å². The number of fused-ring (bicyclic) bond motifs is 1. The number of hydrogen-bond donors (Lipinski definition) is 1. The Hall–Kier alpha value is -1.98. The molecule has 1 N–H and O–H groups in total. The third-order valence-electron chi connectivity index (χ3n) is 3.00. The number of benzene rings is 1. The van der Waals surface area contributed by atoms with Crippen LogP contribution in [0.25, 0.3) is 10.2 Å². The number of nitrogens with zero attached hydrogens (tertiary/aromatic N) is 2. The Bertz CT molecular complexity index is 749. The molecule has 4 nitrogen and oxygen atoms in total. The van der Waals surface area contributed by atoms with Gasteiger partial charge in [-0.05, 0) is 17.0 Å². The maximum absolute atomic E-state index is 12.2. The van der Waals surface area contributed by atoms with E-state index in [4.69, 9.17) is 0 Å². The normalized spacial score (nSPS) is 12.7. The second-order valence-corrected chi connectivity index (χ2v) is 5.16. The summed E-state index contributed by atoms with van der Waals surface area (Å²) < 4.78 is 1.45. The average molecular weight is 272 g/mol. The lowest BCUT2D eigenvalue weighted by atomic mass is 10.1. The Morgan fingerprint density at radius 2 is 2.05 bits per heavy atom. The number of hydrogen-bond acceptors (Lipinski definition) is 4. The standard InChI is InChI=1S/C14H12N2O2S/c17-12(10-4-2-1-3-5-10)8-16-9-15-13-11(14(16)18)6-7-19-13/h1-7,9,12,17H,8H2/t12-/m1/s1. The van der Waals surface area contributed by atoms with Gasteiger partial charge in [-0.3, -0.25) is 9.36 Å². The van der Waals surface area contributed by atoms with Gasteiger partial charge in [0.15, 0.2) is 0 Å². The summed E-state index contributed by atoms with van der Waals surface area (Å²) in [6.45, 7) is 0.210. The lowest BCUT2D eigenvalue weighted by molar-refractivity contribution is 0.155. The van der Waals surface area contributed by atoms with Gasteiger partial charge in [-0.25, -0.2) is 4.98 Å². The molecule has 0 radical (unpaired) electrons. The van der Waals surface area contributed by atoms with E-state index in [-0.39, 0.29) is 12.1 Å². The van der Waals surface area contributed by atoms with Gasteiger partial charge < -0.3 is 5.11 Å². The average Bonchev–Trinajstić information content (AvgIpc) is 2.92. The van der Waals surface area contributed by atoms with E-state index in [1.165, 1.54) is 22.2 Å². The van der Waals surface area contributed by atoms with Gasteiger partial charge in [-0.2, -0.15) is 0 Å². The highest BCUT2D eigenvalue weighted by atomic mass is 32.1. The molecule has 0 bridgehead atoms. The first-order valence-corrected chi connectivity index (χ1v) is 6.79. The molecule has 0 aliphatic carbocycles. The molecule has 2 heterocycles. The van der Waals surface area contributed by atoms with Gasteiger partial charge in [0.1, 0.15) is 4.83 Å². The molecule has 0 unspecified atom stereocenters. The first-order valence-electron chi connectivity index (χ1n) is 5.91. The molecular weight excluding hydrogens is 260 g/mol. The van der Waals surface area contributed by atoms with Crippen molar-refractivity contribution in [2.45, 2.75) is 12.6 Å². The third-order valence-corrected chi connectivity index (χ3v) is 3.83. The van der Waals surface area contributed by atoms with Crippen molar-refractivity contribution in [1.29, 1.82) is 0 Å². The van der Waals surface area contributed by atoms with Crippen LogP contribution in [-0.2, 0) is 6.54 Å². The molecule has 0 fully saturated rings. The molecule has 0 saturated heterocycles. The molecule has 0 aliphatic rings. The summed E-state index contributed by atoms with van der Waals surface area (Å²) in [4.78, 5) is 17.1. The summed E-state index contributed by atoms with van der Waals surface area (Å²) in [5.74, 6) is 0. The molecule has 1 atom stereocenters. The van der Waals surface area contributed by atoms with Crippen LogP contribution in [0.5, 0.6) is 0 Å². The van der Waals surface area contributed by atoms with Crippen LogP contribution in [0.3, 0.4) is 0 Å². The highest BCUT2D eigenvalue weighted by Gasteiger charge is 2.11. The van der Waals surface area contributed by atoms with Crippen molar-refractivity contribution >= 4 is 21.6 Å². The molecular formula is C14H12N2O2S. The van der Waals surface area contributed by atoms with Crippen LogP contribution < -0.4 is 5.56 Å². The SMILES string of the molecule is O=c1c2ccsc2ncn1C[C@@H](O)c1ccccc1. The molecule has 0 saturated carbocycles. The lowest BCUT2D eigenvalue weighted by Crippen LogP contribution is -2.23. The van der Waals surface area contributed by atoms with E-state index in [1.54, 1.807) is 6.07 Å². The summed E-state index contributed by atoms with van der Waals surface area (Å²) in [6, 6.07) is 11.1. The predicted molar refractivity (Wildman–Crippen MR) is 75.3 cm³/mol. The summed E-state index contributed by atoms with van der Waals surface area (Å²) in [5.41, 5.74) is 0.682. The summed E-state index contributed by atoms with van der Waals surface area (Å²) in [7, 11) is 0. The zero-order valence-corrected chi connectivity index (χ0v) is 10.9. The van der Waals surface area contributed by atoms with Crippen molar-refractivity contribution in [2.24, 2.45) is 0 Å². The van der Waals surface area contributed by atoms with E-state index in [9.17, 15) is 9.90 Å². The van der Waals surface area contributed by atoms with Crippen LogP contribution in [0.15, 0.2) is 52.9 Å². The smallest absolute Gasteiger partial charge is 0.262 e. The van der Waals surface area contributed by atoms with E-state index >= 15 is 0 Å². The van der Waals surface area contributed by atoms with Gasteiger partial charge in [-0.1, -0.05) is 30.3 Å². The molecule has 19 heavy (non-hydrogen) atoms. The Morgan fingerprint density at radius 3 is 2.84 bits per heavy atom. The van der Waals surface area contributed by atoms with Gasteiger partial charge in [0.05, 0.1) is 24.4 Å². The molecule has 5 heteroatoms. The van der Waals surface area contributed by atoms with E-state index in [0.717, 1.165) is 10.4 Å². The summed E-state index contributed by atoms with van der Waals surface area (Å²) >= 11 is 1.44. The summed E-state index contributed by atoms with van der Waals surface area (Å²) in [5, 5.41) is 12.6. The fraction of sp³-hybridized carbons (Fsp3) is 0.143. The number of aliphatic hydroxyl groups excluding tert-OH is 1. The molecule has 2 aromatic heterocycles. The Kier molecular flexibility index (Phi) is 3.15. The number of thiophene rings is 1. The van der Waals surface area contributed by atoms with Crippen molar-refractivity contribution in [2.75, 3.05) is 0 Å². The van der Waals surface area contributed by atoms with Crippen LogP contribution in [0.4, 0.5) is 0 Å². The van der Waals surface area contributed by atoms with Crippen LogP contribution in [0.2, 0.25) is 0 Å². The van der Waals surface area contributed by atoms with Crippen molar-refractivity contribution in [3.8, 4) is 0 Å². The first kappa shape index (κ1) is 12.1. The third kappa shape index (κ3) is 2.30. The van der Waals surface area contributed by atoms with Gasteiger partial charge in [-0.15, -0.1) is 11.3 Å². The molecule has 96 valence electrons. The Balaban J connectivity index is 1.93. The maximum Gasteiger partial charge on any atom is 0.262 e. The minimum absolute atomic E-state index is 0.110. The molecule has 1 aromatic carbocycles. The highest BCUT2D eigenvalue weighted by molar-refractivity contribution is 7.16. The number of aromatic nitrogens is 2. The number of rotatable bonds is 3. The van der Waals surface area contributed by atoms with Crippen LogP contribution in [-0.4, -0.2) is 14.7 Å². The summed E-state index contributed by atoms with van der Waals surface area (Å²) in [6.07, 6.45) is 0.782.